The van der Waals surface area contributed by atoms with Crippen LogP contribution in [0, 0.1) is 12.0 Å². The van der Waals surface area contributed by atoms with Gasteiger partial charge >= 0.3 is 0 Å². The maximum absolute atomic E-state index is 5.71. The van der Waals surface area contributed by atoms with E-state index in [1.807, 2.05) is 18.3 Å². The summed E-state index contributed by atoms with van der Waals surface area (Å²) < 4.78 is 7.44. The zero-order chi connectivity index (χ0) is 16.7. The highest BCUT2D eigenvalue weighted by Crippen LogP contribution is 2.18. The van der Waals surface area contributed by atoms with Crippen LogP contribution in [0.4, 0.5) is 11.5 Å². The Morgan fingerprint density at radius 1 is 1.30 bits per heavy atom. The maximum atomic E-state index is 5.71. The summed E-state index contributed by atoms with van der Waals surface area (Å²) in [5, 5.41) is 7.69. The molecule has 23 heavy (non-hydrogen) atoms. The molecule has 2 aromatic rings. The van der Waals surface area contributed by atoms with Crippen LogP contribution in [0.1, 0.15) is 5.56 Å². The first-order chi connectivity index (χ1) is 11.0. The summed E-state index contributed by atoms with van der Waals surface area (Å²) in [6.45, 7) is 8.14. The van der Waals surface area contributed by atoms with Crippen molar-refractivity contribution in [3.8, 4) is 12.0 Å². The average Bonchev–Trinajstić information content (AvgIpc) is 2.86. The van der Waals surface area contributed by atoms with Crippen LogP contribution in [0.5, 0.6) is 0 Å². The van der Waals surface area contributed by atoms with E-state index in [1.165, 1.54) is 0 Å². The third kappa shape index (κ3) is 5.77. The highest BCUT2D eigenvalue weighted by atomic mass is 28.3. The Morgan fingerprint density at radius 2 is 2.04 bits per heavy atom. The van der Waals surface area contributed by atoms with Crippen LogP contribution in [0.15, 0.2) is 30.7 Å². The largest absolute Gasteiger partial charge is 0.360 e. The number of nitrogens with zero attached hydrogens (tertiary/aromatic N) is 3. The second kappa shape index (κ2) is 7.81. The van der Waals surface area contributed by atoms with Gasteiger partial charge in [-0.1, -0.05) is 19.6 Å². The van der Waals surface area contributed by atoms with Crippen molar-refractivity contribution in [1.82, 2.24) is 14.8 Å². The van der Waals surface area contributed by atoms with Gasteiger partial charge in [0.15, 0.2) is 5.82 Å². The molecule has 0 aliphatic carbocycles. The monoisotopic (exact) mass is 329 g/mol. The van der Waals surface area contributed by atoms with Gasteiger partial charge in [-0.05, 0) is 24.1 Å². The summed E-state index contributed by atoms with van der Waals surface area (Å²) in [6, 6.07) is 7.28. The number of rotatable bonds is 7. The molecule has 122 valence electrons. The molecule has 0 amide bonds. The molecule has 2 heterocycles. The van der Waals surface area contributed by atoms with Crippen LogP contribution < -0.4 is 11.1 Å². The van der Waals surface area contributed by atoms with Crippen LogP contribution >= 0.6 is 0 Å². The quantitative estimate of drug-likeness (QED) is 0.353. The van der Waals surface area contributed by atoms with Crippen molar-refractivity contribution in [2.45, 2.75) is 32.4 Å². The van der Waals surface area contributed by atoms with Crippen LogP contribution in [0.3, 0.4) is 0 Å². The topological polar surface area (TPSA) is 78.0 Å². The van der Waals surface area contributed by atoms with Gasteiger partial charge in [-0.15, -0.1) is 0 Å². The standard InChI is InChI=1S/C16H23N5OSi/c1-23(2,3)11-10-22-13-21-12-14(4-7-17)16(20-21)19-15-5-8-18-9-6-15/h5-6,8-9,12H,10-11,13,17H2,1-3H3,(H,18,19,20). The Hall–Kier alpha value is -2.30. The van der Waals surface area contributed by atoms with Gasteiger partial charge in [0.2, 0.25) is 0 Å². The van der Waals surface area contributed by atoms with Gasteiger partial charge in [0.05, 0.1) is 5.56 Å². The van der Waals surface area contributed by atoms with E-state index in [1.54, 1.807) is 17.1 Å². The lowest BCUT2D eigenvalue weighted by atomic mass is 10.3. The number of anilines is 2. The van der Waals surface area contributed by atoms with Gasteiger partial charge in [-0.25, -0.2) is 4.68 Å². The van der Waals surface area contributed by atoms with E-state index in [0.29, 0.717) is 12.5 Å². The molecule has 0 aliphatic rings. The molecule has 0 aliphatic heterocycles. The van der Waals surface area contributed by atoms with Gasteiger partial charge in [-0.2, -0.15) is 5.10 Å². The molecule has 2 rings (SSSR count). The molecule has 0 saturated carbocycles. The lowest BCUT2D eigenvalue weighted by Gasteiger charge is -2.15. The smallest absolute Gasteiger partial charge is 0.168 e. The van der Waals surface area contributed by atoms with Crippen molar-refractivity contribution in [2.24, 2.45) is 5.73 Å². The fourth-order valence-electron chi connectivity index (χ4n) is 1.86. The normalized spacial score (nSPS) is 10.9. The van der Waals surface area contributed by atoms with Gasteiger partial charge in [-0.3, -0.25) is 4.98 Å². The van der Waals surface area contributed by atoms with Gasteiger partial charge in [0, 0.05) is 45.0 Å². The van der Waals surface area contributed by atoms with Crippen molar-refractivity contribution < 1.29 is 4.74 Å². The highest BCUT2D eigenvalue weighted by molar-refractivity contribution is 6.76. The second-order valence-corrected chi connectivity index (χ2v) is 12.0. The first-order valence-corrected chi connectivity index (χ1v) is 11.2. The summed E-state index contributed by atoms with van der Waals surface area (Å²) in [5.41, 5.74) is 6.97. The molecule has 6 nitrogen and oxygen atoms in total. The molecule has 7 heteroatoms. The van der Waals surface area contributed by atoms with E-state index in [4.69, 9.17) is 10.5 Å². The number of hydrogen-bond acceptors (Lipinski definition) is 5. The Balaban J connectivity index is 2.01. The van der Waals surface area contributed by atoms with Gasteiger partial charge < -0.3 is 15.8 Å². The van der Waals surface area contributed by atoms with Crippen molar-refractivity contribution in [1.29, 1.82) is 0 Å². The van der Waals surface area contributed by atoms with Crippen LogP contribution in [0.25, 0.3) is 0 Å². The molecule has 3 N–H and O–H groups in total. The molecule has 0 saturated heterocycles. The fraction of sp³-hybridized carbons (Fsp3) is 0.375. The molecule has 0 spiro atoms. The van der Waals surface area contributed by atoms with Crippen molar-refractivity contribution in [2.75, 3.05) is 11.9 Å². The zero-order valence-electron chi connectivity index (χ0n) is 13.8. The lowest BCUT2D eigenvalue weighted by Crippen LogP contribution is -2.22. The summed E-state index contributed by atoms with van der Waals surface area (Å²) in [5.74, 6) is 3.50. The van der Waals surface area contributed by atoms with Crippen LogP contribution in [-0.2, 0) is 11.5 Å². The minimum Gasteiger partial charge on any atom is -0.360 e. The first kappa shape index (κ1) is 17.1. The van der Waals surface area contributed by atoms with Crippen LogP contribution in [-0.4, -0.2) is 29.4 Å². The third-order valence-corrected chi connectivity index (χ3v) is 4.84. The Labute approximate surface area is 138 Å². The molecule has 0 unspecified atom stereocenters. The van der Waals surface area contributed by atoms with Crippen molar-refractivity contribution in [3.63, 3.8) is 0 Å². The predicted octanol–water partition coefficient (Wildman–Crippen LogP) is 2.60. The second-order valence-electron chi connectivity index (χ2n) is 6.41. The third-order valence-electron chi connectivity index (χ3n) is 3.13. The summed E-state index contributed by atoms with van der Waals surface area (Å²) >= 11 is 0. The van der Waals surface area contributed by atoms with E-state index in [0.717, 1.165) is 23.9 Å². The number of nitrogens with one attached hydrogen (secondary N) is 1. The molecule has 0 bridgehead atoms. The summed E-state index contributed by atoms with van der Waals surface area (Å²) in [6.07, 6.45) is 5.26. The van der Waals surface area contributed by atoms with E-state index in [9.17, 15) is 0 Å². The minimum absolute atomic E-state index is 0.405. The Bertz CT molecular complexity index is 682. The highest BCUT2D eigenvalue weighted by Gasteiger charge is 2.12. The average molecular weight is 329 g/mol. The summed E-state index contributed by atoms with van der Waals surface area (Å²) in [4.78, 5) is 3.99. The van der Waals surface area contributed by atoms with Gasteiger partial charge in [0.25, 0.3) is 0 Å². The molecule has 0 fully saturated rings. The first-order valence-electron chi connectivity index (χ1n) is 7.52. The molecular formula is C16H23N5OSi. The summed E-state index contributed by atoms with van der Waals surface area (Å²) in [7, 11) is -1.08. The lowest BCUT2D eigenvalue weighted by molar-refractivity contribution is 0.0787. The predicted molar refractivity (Wildman–Crippen MR) is 94.9 cm³/mol. The fourth-order valence-corrected chi connectivity index (χ4v) is 2.61. The van der Waals surface area contributed by atoms with Crippen LogP contribution in [0.2, 0.25) is 25.7 Å². The molecule has 2 aromatic heterocycles. The van der Waals surface area contributed by atoms with E-state index >= 15 is 0 Å². The SMILES string of the molecule is C[Si](C)(C)CCOCn1cc(C#CN)c(Nc2ccncc2)n1. The number of pyridine rings is 1. The molecule has 0 atom stereocenters. The van der Waals surface area contributed by atoms with E-state index in [-0.39, 0.29) is 0 Å². The van der Waals surface area contributed by atoms with Crippen molar-refractivity contribution >= 4 is 19.6 Å². The van der Waals surface area contributed by atoms with E-state index in [2.05, 4.69) is 47.0 Å². The molecule has 0 aromatic carbocycles. The van der Waals surface area contributed by atoms with Crippen molar-refractivity contribution in [3.05, 3.63) is 36.3 Å². The molecular weight excluding hydrogens is 306 g/mol. The number of ether oxygens (including phenoxy) is 1. The zero-order valence-corrected chi connectivity index (χ0v) is 14.8. The Kier molecular flexibility index (Phi) is 5.79. The number of aromatic nitrogens is 3. The Morgan fingerprint density at radius 3 is 2.70 bits per heavy atom. The number of hydrogen-bond donors (Lipinski definition) is 2. The maximum Gasteiger partial charge on any atom is 0.168 e. The minimum atomic E-state index is -1.08. The molecule has 0 radical (unpaired) electrons. The number of nitrogens with two attached hydrogens (primary N) is 1. The van der Waals surface area contributed by atoms with Gasteiger partial charge in [0.1, 0.15) is 6.73 Å². The van der Waals surface area contributed by atoms with E-state index < -0.39 is 8.07 Å².